The molecule has 3 aliphatic rings. The number of rotatable bonds is 1. The van der Waals surface area contributed by atoms with Gasteiger partial charge in [-0.2, -0.15) is 0 Å². The summed E-state index contributed by atoms with van der Waals surface area (Å²) in [6.45, 7) is 0. The minimum atomic E-state index is 0.204. The third-order valence-electron chi connectivity index (χ3n) is 2.46. The molecule has 0 unspecified atom stereocenters. The van der Waals surface area contributed by atoms with Gasteiger partial charge in [-0.15, -0.1) is 0 Å². The van der Waals surface area contributed by atoms with E-state index in [1.54, 1.807) is 7.11 Å². The van der Waals surface area contributed by atoms with Crippen LogP contribution in [0.1, 0.15) is 19.3 Å². The van der Waals surface area contributed by atoms with Crippen LogP contribution in [0.3, 0.4) is 0 Å². The second-order valence-corrected chi connectivity index (χ2v) is 3.28. The monoisotopic (exact) mass is 113 g/mol. The quantitative estimate of drug-likeness (QED) is 0.529. The molecule has 0 aliphatic heterocycles. The zero-order valence-electron chi connectivity index (χ0n) is 5.11. The third-order valence-corrected chi connectivity index (χ3v) is 2.46. The maximum atomic E-state index is 5.77. The van der Waals surface area contributed by atoms with Crippen molar-refractivity contribution in [3.8, 4) is 0 Å². The van der Waals surface area contributed by atoms with Crippen molar-refractivity contribution in [2.24, 2.45) is 5.73 Å². The molecule has 3 fully saturated rings. The van der Waals surface area contributed by atoms with Gasteiger partial charge in [-0.1, -0.05) is 0 Å². The minimum absolute atomic E-state index is 0.204. The molecule has 0 aromatic rings. The molecule has 2 nitrogen and oxygen atoms in total. The van der Waals surface area contributed by atoms with Crippen LogP contribution in [0.25, 0.3) is 0 Å². The highest BCUT2D eigenvalue weighted by molar-refractivity contribution is 5.23. The lowest BCUT2D eigenvalue weighted by Gasteiger charge is -2.67. The maximum Gasteiger partial charge on any atom is 0.0731 e. The van der Waals surface area contributed by atoms with Crippen LogP contribution in [0.2, 0.25) is 0 Å². The van der Waals surface area contributed by atoms with Crippen LogP contribution < -0.4 is 5.73 Å². The first-order valence-electron chi connectivity index (χ1n) is 3.02. The Kier molecular flexibility index (Phi) is 0.570. The van der Waals surface area contributed by atoms with E-state index in [-0.39, 0.29) is 11.1 Å². The van der Waals surface area contributed by atoms with E-state index in [4.69, 9.17) is 10.5 Å². The first-order chi connectivity index (χ1) is 3.68. The van der Waals surface area contributed by atoms with Gasteiger partial charge in [0.15, 0.2) is 0 Å². The summed E-state index contributed by atoms with van der Waals surface area (Å²) >= 11 is 0. The molecule has 0 heterocycles. The number of methoxy groups -OCH3 is 1. The molecule has 2 N–H and O–H groups in total. The van der Waals surface area contributed by atoms with Gasteiger partial charge in [-0.05, 0) is 19.3 Å². The maximum absolute atomic E-state index is 5.77. The third kappa shape index (κ3) is 0.327. The van der Waals surface area contributed by atoms with Gasteiger partial charge in [0, 0.05) is 12.6 Å². The molecule has 0 amide bonds. The summed E-state index contributed by atoms with van der Waals surface area (Å²) in [4.78, 5) is 0. The molecule has 0 atom stereocenters. The Morgan fingerprint density at radius 2 is 1.88 bits per heavy atom. The van der Waals surface area contributed by atoms with Crippen molar-refractivity contribution in [3.63, 3.8) is 0 Å². The number of hydrogen-bond donors (Lipinski definition) is 1. The Labute approximate surface area is 49.0 Å². The van der Waals surface area contributed by atoms with E-state index in [2.05, 4.69) is 0 Å². The molecule has 0 radical (unpaired) electrons. The molecule has 0 spiro atoms. The summed E-state index contributed by atoms with van der Waals surface area (Å²) in [6.07, 6.45) is 3.28. The van der Waals surface area contributed by atoms with E-state index >= 15 is 0 Å². The molecule has 0 aromatic carbocycles. The lowest BCUT2D eigenvalue weighted by Crippen LogP contribution is -2.77. The molecule has 3 aliphatic carbocycles. The second-order valence-electron chi connectivity index (χ2n) is 3.28. The smallest absolute Gasteiger partial charge is 0.0731 e. The zero-order chi connectivity index (χ0) is 5.83. The van der Waals surface area contributed by atoms with Crippen molar-refractivity contribution < 1.29 is 4.74 Å². The Hall–Kier alpha value is -0.0800. The normalized spacial score (nSPS) is 59.2. The topological polar surface area (TPSA) is 35.2 Å². The summed E-state index contributed by atoms with van der Waals surface area (Å²) in [6, 6.07) is 0. The molecule has 3 rings (SSSR count). The molecule has 0 saturated heterocycles. The fourth-order valence-electron chi connectivity index (χ4n) is 1.99. The molecule has 8 heavy (non-hydrogen) atoms. The van der Waals surface area contributed by atoms with Gasteiger partial charge in [0.1, 0.15) is 0 Å². The zero-order valence-corrected chi connectivity index (χ0v) is 5.11. The number of hydrogen-bond acceptors (Lipinski definition) is 2. The van der Waals surface area contributed by atoms with E-state index in [0.717, 1.165) is 19.3 Å². The van der Waals surface area contributed by atoms with Crippen molar-refractivity contribution >= 4 is 0 Å². The van der Waals surface area contributed by atoms with Crippen LogP contribution in [-0.2, 0) is 4.74 Å². The SMILES string of the molecule is COC12CC(N)(C1)C2. The summed E-state index contributed by atoms with van der Waals surface area (Å²) in [5, 5.41) is 0. The Balaban J connectivity index is 2.04. The number of nitrogens with two attached hydrogens (primary N) is 1. The van der Waals surface area contributed by atoms with Crippen molar-refractivity contribution in [3.05, 3.63) is 0 Å². The van der Waals surface area contributed by atoms with Crippen LogP contribution in [0.15, 0.2) is 0 Å². The van der Waals surface area contributed by atoms with Crippen molar-refractivity contribution in [2.75, 3.05) is 7.11 Å². The molecule has 2 heteroatoms. The average molecular weight is 113 g/mol. The Bertz CT molecular complexity index is 113. The largest absolute Gasteiger partial charge is 0.378 e. The molecule has 3 saturated carbocycles. The second kappa shape index (κ2) is 0.957. The Morgan fingerprint density at radius 3 is 2.00 bits per heavy atom. The van der Waals surface area contributed by atoms with Crippen molar-refractivity contribution in [1.82, 2.24) is 0 Å². The molecular weight excluding hydrogens is 102 g/mol. The van der Waals surface area contributed by atoms with Gasteiger partial charge in [-0.3, -0.25) is 0 Å². The van der Waals surface area contributed by atoms with Crippen LogP contribution >= 0.6 is 0 Å². The molecule has 46 valence electrons. The number of ether oxygens (including phenoxy) is 1. The standard InChI is InChI=1S/C6H11NO/c1-8-6-2-5(7,3-6)4-6/h2-4,7H2,1H3. The van der Waals surface area contributed by atoms with Crippen LogP contribution in [0.5, 0.6) is 0 Å². The summed E-state index contributed by atoms with van der Waals surface area (Å²) in [7, 11) is 1.78. The van der Waals surface area contributed by atoms with E-state index in [0.29, 0.717) is 0 Å². The van der Waals surface area contributed by atoms with Gasteiger partial charge in [0.2, 0.25) is 0 Å². The summed E-state index contributed by atoms with van der Waals surface area (Å²) in [5.74, 6) is 0. The lowest BCUT2D eigenvalue weighted by molar-refractivity contribution is -0.224. The minimum Gasteiger partial charge on any atom is -0.378 e. The highest BCUT2D eigenvalue weighted by atomic mass is 16.5. The van der Waals surface area contributed by atoms with E-state index < -0.39 is 0 Å². The van der Waals surface area contributed by atoms with E-state index in [9.17, 15) is 0 Å². The van der Waals surface area contributed by atoms with Crippen LogP contribution in [0, 0.1) is 0 Å². The molecular formula is C6H11NO. The predicted octanol–water partition coefficient (Wildman–Crippen LogP) is 0.267. The first kappa shape index (κ1) is 4.77. The van der Waals surface area contributed by atoms with Gasteiger partial charge in [-0.25, -0.2) is 0 Å². The average Bonchev–Trinajstić information content (AvgIpc) is 1.55. The van der Waals surface area contributed by atoms with E-state index in [1.807, 2.05) is 0 Å². The Morgan fingerprint density at radius 1 is 1.38 bits per heavy atom. The highest BCUT2D eigenvalue weighted by Gasteiger charge is 2.66. The lowest BCUT2D eigenvalue weighted by atomic mass is 9.47. The van der Waals surface area contributed by atoms with Gasteiger partial charge in [0.05, 0.1) is 5.60 Å². The summed E-state index contributed by atoms with van der Waals surface area (Å²) < 4.78 is 5.22. The van der Waals surface area contributed by atoms with E-state index in [1.165, 1.54) is 0 Å². The van der Waals surface area contributed by atoms with Gasteiger partial charge >= 0.3 is 0 Å². The van der Waals surface area contributed by atoms with Crippen molar-refractivity contribution in [2.45, 2.75) is 30.4 Å². The predicted molar refractivity (Wildman–Crippen MR) is 30.5 cm³/mol. The van der Waals surface area contributed by atoms with Crippen LogP contribution in [0.4, 0.5) is 0 Å². The van der Waals surface area contributed by atoms with Gasteiger partial charge < -0.3 is 10.5 Å². The fraction of sp³-hybridized carbons (Fsp3) is 1.00. The highest BCUT2D eigenvalue weighted by Crippen LogP contribution is 2.60. The fourth-order valence-corrected chi connectivity index (χ4v) is 1.99. The van der Waals surface area contributed by atoms with Gasteiger partial charge in [0.25, 0.3) is 0 Å². The summed E-state index contributed by atoms with van der Waals surface area (Å²) in [5.41, 5.74) is 6.22. The van der Waals surface area contributed by atoms with Crippen molar-refractivity contribution in [1.29, 1.82) is 0 Å². The first-order valence-corrected chi connectivity index (χ1v) is 3.02. The molecule has 2 bridgehead atoms. The molecule has 0 aromatic heterocycles. The van der Waals surface area contributed by atoms with Crippen LogP contribution in [-0.4, -0.2) is 18.2 Å².